The van der Waals surface area contributed by atoms with E-state index in [1.165, 1.54) is 16.7 Å². The SMILES string of the molecule is CC[C@]1(C)C[C@@](CCNCc2ccc(OC)cc2)(c2ccc(C)cc2)CCO1. The second-order valence-corrected chi connectivity index (χ2v) is 8.50. The van der Waals surface area contributed by atoms with Crippen LogP contribution in [0.3, 0.4) is 0 Å². The van der Waals surface area contributed by atoms with Gasteiger partial charge in [0, 0.05) is 18.6 Å². The summed E-state index contributed by atoms with van der Waals surface area (Å²) in [7, 11) is 1.70. The summed E-state index contributed by atoms with van der Waals surface area (Å²) in [6.45, 7) is 9.41. The fourth-order valence-electron chi connectivity index (χ4n) is 4.39. The number of methoxy groups -OCH3 is 1. The van der Waals surface area contributed by atoms with Crippen LogP contribution in [0.15, 0.2) is 48.5 Å². The van der Waals surface area contributed by atoms with Crippen LogP contribution in [-0.2, 0) is 16.7 Å². The lowest BCUT2D eigenvalue weighted by atomic mass is 9.66. The first-order chi connectivity index (χ1) is 13.5. The van der Waals surface area contributed by atoms with Crippen molar-refractivity contribution in [1.29, 1.82) is 0 Å². The maximum absolute atomic E-state index is 6.18. The number of aryl methyl sites for hydroxylation is 1. The van der Waals surface area contributed by atoms with Crippen molar-refractivity contribution in [2.45, 2.75) is 64.0 Å². The van der Waals surface area contributed by atoms with Crippen LogP contribution in [0.2, 0.25) is 0 Å². The van der Waals surface area contributed by atoms with Gasteiger partial charge in [-0.25, -0.2) is 0 Å². The van der Waals surface area contributed by atoms with E-state index in [2.05, 4.69) is 62.5 Å². The van der Waals surface area contributed by atoms with Gasteiger partial charge in [-0.1, -0.05) is 48.9 Å². The van der Waals surface area contributed by atoms with Gasteiger partial charge in [0.25, 0.3) is 0 Å². The topological polar surface area (TPSA) is 30.5 Å². The first-order valence-electron chi connectivity index (χ1n) is 10.5. The van der Waals surface area contributed by atoms with Crippen LogP contribution in [0.1, 0.15) is 56.2 Å². The van der Waals surface area contributed by atoms with Crippen molar-refractivity contribution >= 4 is 0 Å². The van der Waals surface area contributed by atoms with Crippen molar-refractivity contribution < 1.29 is 9.47 Å². The monoisotopic (exact) mass is 381 g/mol. The molecule has 1 saturated heterocycles. The summed E-state index contributed by atoms with van der Waals surface area (Å²) in [5, 5.41) is 3.66. The van der Waals surface area contributed by atoms with E-state index in [-0.39, 0.29) is 11.0 Å². The summed E-state index contributed by atoms with van der Waals surface area (Å²) in [6, 6.07) is 17.5. The molecule has 1 N–H and O–H groups in total. The minimum Gasteiger partial charge on any atom is -0.497 e. The molecule has 2 atom stereocenters. The van der Waals surface area contributed by atoms with Gasteiger partial charge in [-0.3, -0.25) is 0 Å². The molecule has 2 aromatic rings. The molecule has 3 rings (SSSR count). The first-order valence-corrected chi connectivity index (χ1v) is 10.5. The molecule has 0 radical (unpaired) electrons. The van der Waals surface area contributed by atoms with Gasteiger partial charge in [-0.2, -0.15) is 0 Å². The smallest absolute Gasteiger partial charge is 0.118 e. The zero-order chi connectivity index (χ0) is 20.0. The van der Waals surface area contributed by atoms with Crippen molar-refractivity contribution in [3.63, 3.8) is 0 Å². The molecular weight excluding hydrogens is 346 g/mol. The minimum atomic E-state index is -0.0287. The van der Waals surface area contributed by atoms with Gasteiger partial charge in [0.15, 0.2) is 0 Å². The Hall–Kier alpha value is -1.84. The zero-order valence-corrected chi connectivity index (χ0v) is 17.9. The number of rotatable bonds is 8. The highest BCUT2D eigenvalue weighted by Gasteiger charge is 2.43. The van der Waals surface area contributed by atoms with E-state index in [4.69, 9.17) is 9.47 Å². The number of hydrogen-bond acceptors (Lipinski definition) is 3. The lowest BCUT2D eigenvalue weighted by Gasteiger charge is -2.47. The van der Waals surface area contributed by atoms with Crippen LogP contribution >= 0.6 is 0 Å². The van der Waals surface area contributed by atoms with E-state index in [0.29, 0.717) is 0 Å². The molecule has 28 heavy (non-hydrogen) atoms. The highest BCUT2D eigenvalue weighted by Crippen LogP contribution is 2.45. The Bertz CT molecular complexity index is 740. The molecular formula is C25H35NO2. The van der Waals surface area contributed by atoms with Crippen LogP contribution < -0.4 is 10.1 Å². The van der Waals surface area contributed by atoms with Gasteiger partial charge >= 0.3 is 0 Å². The summed E-state index contributed by atoms with van der Waals surface area (Å²) in [6.07, 6.45) is 4.37. The van der Waals surface area contributed by atoms with E-state index in [9.17, 15) is 0 Å². The van der Waals surface area contributed by atoms with E-state index in [1.807, 2.05) is 12.1 Å². The molecule has 0 saturated carbocycles. The normalized spacial score (nSPS) is 24.9. The molecule has 0 amide bonds. The third-order valence-electron chi connectivity index (χ3n) is 6.42. The van der Waals surface area contributed by atoms with Gasteiger partial charge in [-0.15, -0.1) is 0 Å². The van der Waals surface area contributed by atoms with Gasteiger partial charge in [0.2, 0.25) is 0 Å². The molecule has 3 heteroatoms. The van der Waals surface area contributed by atoms with E-state index < -0.39 is 0 Å². The maximum Gasteiger partial charge on any atom is 0.118 e. The summed E-state index contributed by atoms with van der Waals surface area (Å²) < 4.78 is 11.4. The molecule has 0 bridgehead atoms. The molecule has 0 unspecified atom stereocenters. The van der Waals surface area contributed by atoms with Crippen LogP contribution in [0.25, 0.3) is 0 Å². The summed E-state index contributed by atoms with van der Waals surface area (Å²) in [5.41, 5.74) is 4.23. The minimum absolute atomic E-state index is 0.0287. The maximum atomic E-state index is 6.18. The van der Waals surface area contributed by atoms with Crippen molar-refractivity contribution in [1.82, 2.24) is 5.32 Å². The second-order valence-electron chi connectivity index (χ2n) is 8.50. The van der Waals surface area contributed by atoms with Gasteiger partial charge in [0.05, 0.1) is 12.7 Å². The summed E-state index contributed by atoms with van der Waals surface area (Å²) in [5.74, 6) is 0.906. The lowest BCUT2D eigenvalue weighted by molar-refractivity contribution is -0.0979. The van der Waals surface area contributed by atoms with E-state index in [1.54, 1.807) is 7.11 Å². The average molecular weight is 382 g/mol. The Morgan fingerprint density at radius 2 is 1.79 bits per heavy atom. The fourth-order valence-corrected chi connectivity index (χ4v) is 4.39. The Morgan fingerprint density at radius 1 is 1.07 bits per heavy atom. The summed E-state index contributed by atoms with van der Waals surface area (Å²) >= 11 is 0. The van der Waals surface area contributed by atoms with Crippen LogP contribution in [-0.4, -0.2) is 25.9 Å². The van der Waals surface area contributed by atoms with Crippen molar-refractivity contribution in [2.24, 2.45) is 0 Å². The number of ether oxygens (including phenoxy) is 2. The first kappa shape index (κ1) is 20.9. The standard InChI is InChI=1S/C25H35NO2/c1-5-24(3)19-25(15-17-28-24,22-10-6-20(2)7-11-22)14-16-26-18-21-8-12-23(27-4)13-9-21/h6-13,26H,5,14-19H2,1-4H3/t24-,25+/m1/s1. The molecule has 0 aliphatic carbocycles. The molecule has 0 aromatic heterocycles. The Balaban J connectivity index is 1.68. The van der Waals surface area contributed by atoms with Crippen LogP contribution in [0.4, 0.5) is 0 Å². The molecule has 1 aliphatic rings. The van der Waals surface area contributed by atoms with Crippen molar-refractivity contribution in [3.8, 4) is 5.75 Å². The lowest BCUT2D eigenvalue weighted by Crippen LogP contribution is -2.46. The highest BCUT2D eigenvalue weighted by molar-refractivity contribution is 5.30. The Kier molecular flexibility index (Phi) is 6.79. The highest BCUT2D eigenvalue weighted by atomic mass is 16.5. The fraction of sp³-hybridized carbons (Fsp3) is 0.520. The third-order valence-corrected chi connectivity index (χ3v) is 6.42. The van der Waals surface area contributed by atoms with Gasteiger partial charge in [-0.05, 0) is 69.3 Å². The van der Waals surface area contributed by atoms with Gasteiger partial charge in [0.1, 0.15) is 5.75 Å². The van der Waals surface area contributed by atoms with Crippen LogP contribution in [0, 0.1) is 6.92 Å². The third kappa shape index (κ3) is 4.95. The second kappa shape index (κ2) is 9.11. The number of benzene rings is 2. The molecule has 1 aliphatic heterocycles. The van der Waals surface area contributed by atoms with E-state index in [0.717, 1.165) is 51.1 Å². The molecule has 2 aromatic carbocycles. The molecule has 1 fully saturated rings. The molecule has 3 nitrogen and oxygen atoms in total. The Labute approximate surface area is 170 Å². The average Bonchev–Trinajstić information content (AvgIpc) is 2.72. The quantitative estimate of drug-likeness (QED) is 0.621. The molecule has 1 heterocycles. The van der Waals surface area contributed by atoms with Crippen molar-refractivity contribution in [2.75, 3.05) is 20.3 Å². The van der Waals surface area contributed by atoms with Crippen molar-refractivity contribution in [3.05, 3.63) is 65.2 Å². The van der Waals surface area contributed by atoms with E-state index >= 15 is 0 Å². The number of nitrogens with one attached hydrogen (secondary N) is 1. The largest absolute Gasteiger partial charge is 0.497 e. The van der Waals surface area contributed by atoms with Crippen LogP contribution in [0.5, 0.6) is 5.75 Å². The summed E-state index contributed by atoms with van der Waals surface area (Å²) in [4.78, 5) is 0. The molecule has 152 valence electrons. The molecule has 0 spiro atoms. The Morgan fingerprint density at radius 3 is 2.43 bits per heavy atom. The van der Waals surface area contributed by atoms with Gasteiger partial charge < -0.3 is 14.8 Å². The predicted molar refractivity (Wildman–Crippen MR) is 116 cm³/mol. The zero-order valence-electron chi connectivity index (χ0n) is 17.9. The number of hydrogen-bond donors (Lipinski definition) is 1. The predicted octanol–water partition coefficient (Wildman–Crippen LogP) is 5.40.